The van der Waals surface area contributed by atoms with Crippen molar-refractivity contribution in [3.05, 3.63) is 76.8 Å². The summed E-state index contributed by atoms with van der Waals surface area (Å²) in [7, 11) is 0. The number of aromatic hydroxyl groups is 1. The number of rotatable bonds is 3. The monoisotopic (exact) mass is 348 g/mol. The molecule has 0 atom stereocenters. The predicted molar refractivity (Wildman–Crippen MR) is 99.0 cm³/mol. The summed E-state index contributed by atoms with van der Waals surface area (Å²) in [6, 6.07) is 16.1. The summed E-state index contributed by atoms with van der Waals surface area (Å²) in [6.45, 7) is 0. The van der Waals surface area contributed by atoms with Crippen molar-refractivity contribution in [1.82, 2.24) is 4.98 Å². The summed E-state index contributed by atoms with van der Waals surface area (Å²) in [5, 5.41) is 11.1. The molecule has 5 nitrogen and oxygen atoms in total. The van der Waals surface area contributed by atoms with Gasteiger partial charge in [-0.25, -0.2) is 14.8 Å². The van der Waals surface area contributed by atoms with Crippen LogP contribution in [0.3, 0.4) is 0 Å². The van der Waals surface area contributed by atoms with Crippen LogP contribution in [0.5, 0.6) is 5.75 Å². The van der Waals surface area contributed by atoms with Crippen molar-refractivity contribution in [2.75, 3.05) is 0 Å². The number of hydrogen-bond acceptors (Lipinski definition) is 6. The largest absolute Gasteiger partial charge is 0.507 e. The van der Waals surface area contributed by atoms with Gasteiger partial charge in [-0.05, 0) is 24.3 Å². The second kappa shape index (κ2) is 6.33. The lowest BCUT2D eigenvalue weighted by Crippen LogP contribution is -2.01. The number of fused-ring (bicyclic) bond motifs is 1. The Bertz CT molecular complexity index is 1140. The van der Waals surface area contributed by atoms with Crippen LogP contribution < -0.4 is 5.63 Å². The lowest BCUT2D eigenvalue weighted by Gasteiger charge is -1.98. The van der Waals surface area contributed by atoms with Crippen LogP contribution in [-0.4, -0.2) is 16.3 Å². The number of para-hydroxylation sites is 2. The van der Waals surface area contributed by atoms with E-state index in [1.54, 1.807) is 42.7 Å². The molecule has 4 aromatic rings. The molecule has 2 heterocycles. The molecule has 0 fully saturated rings. The van der Waals surface area contributed by atoms with Gasteiger partial charge in [0.15, 0.2) is 0 Å². The van der Waals surface area contributed by atoms with E-state index in [1.807, 2.05) is 24.3 Å². The highest BCUT2D eigenvalue weighted by Gasteiger charge is 2.11. The smallest absolute Gasteiger partial charge is 0.345 e. The van der Waals surface area contributed by atoms with Crippen LogP contribution in [0.1, 0.15) is 5.56 Å². The minimum atomic E-state index is -0.404. The molecule has 4 rings (SSSR count). The van der Waals surface area contributed by atoms with Crippen molar-refractivity contribution < 1.29 is 9.52 Å². The van der Waals surface area contributed by atoms with Crippen LogP contribution in [-0.2, 0) is 0 Å². The van der Waals surface area contributed by atoms with Crippen molar-refractivity contribution in [2.24, 2.45) is 4.99 Å². The van der Waals surface area contributed by atoms with Crippen molar-refractivity contribution in [1.29, 1.82) is 0 Å². The number of aromatic nitrogens is 1. The van der Waals surface area contributed by atoms with E-state index in [-0.39, 0.29) is 5.75 Å². The molecule has 122 valence electrons. The average molecular weight is 348 g/mol. The zero-order chi connectivity index (χ0) is 17.2. The topological polar surface area (TPSA) is 75.7 Å². The van der Waals surface area contributed by atoms with Gasteiger partial charge in [-0.3, -0.25) is 0 Å². The first-order chi connectivity index (χ1) is 12.2. The molecule has 0 aliphatic carbocycles. The van der Waals surface area contributed by atoms with E-state index in [4.69, 9.17) is 4.42 Å². The van der Waals surface area contributed by atoms with E-state index < -0.39 is 5.63 Å². The van der Waals surface area contributed by atoms with Gasteiger partial charge in [-0.2, -0.15) is 0 Å². The maximum absolute atomic E-state index is 12.2. The fourth-order valence-electron chi connectivity index (χ4n) is 2.40. The number of thiazole rings is 1. The lowest BCUT2D eigenvalue weighted by atomic mass is 10.2. The molecule has 0 aliphatic rings. The Hall–Kier alpha value is -3.25. The molecule has 6 heteroatoms. The molecule has 2 aromatic carbocycles. The zero-order valence-electron chi connectivity index (χ0n) is 12.9. The quantitative estimate of drug-likeness (QED) is 0.440. The number of nitrogens with zero attached hydrogens (tertiary/aromatic N) is 2. The molecular formula is C19H12N2O3S. The van der Waals surface area contributed by atoms with Crippen LogP contribution in [0.15, 0.2) is 75.0 Å². The van der Waals surface area contributed by atoms with Crippen molar-refractivity contribution in [2.45, 2.75) is 0 Å². The summed E-state index contributed by atoms with van der Waals surface area (Å²) in [4.78, 5) is 21.4. The van der Waals surface area contributed by atoms with Crippen LogP contribution in [0.4, 0.5) is 5.13 Å². The van der Waals surface area contributed by atoms with Gasteiger partial charge in [-0.15, -0.1) is 0 Å². The number of phenolic OH excluding ortho intramolecular Hbond substituents is 1. The summed E-state index contributed by atoms with van der Waals surface area (Å²) in [6.07, 6.45) is 3.14. The van der Waals surface area contributed by atoms with Gasteiger partial charge in [0.2, 0.25) is 5.13 Å². The molecule has 25 heavy (non-hydrogen) atoms. The standard InChI is InChI=1S/C19H12N2O3S/c22-15-7-3-1-6-13(15)10-20-19-21-11-17(25-19)14-9-12-5-2-4-8-16(12)24-18(14)23/h1-11,22H/b20-10+. The highest BCUT2D eigenvalue weighted by atomic mass is 32.1. The maximum atomic E-state index is 12.2. The first-order valence-electron chi connectivity index (χ1n) is 7.52. The molecule has 0 saturated carbocycles. The normalized spacial score (nSPS) is 11.4. The number of aliphatic imine (C=N–C) groups is 1. The van der Waals surface area contributed by atoms with E-state index in [2.05, 4.69) is 9.98 Å². The summed E-state index contributed by atoms with van der Waals surface area (Å²) < 4.78 is 5.35. The van der Waals surface area contributed by atoms with Crippen molar-refractivity contribution in [3.63, 3.8) is 0 Å². The highest BCUT2D eigenvalue weighted by molar-refractivity contribution is 7.18. The van der Waals surface area contributed by atoms with Crippen molar-refractivity contribution >= 4 is 33.7 Å². The number of hydrogen-bond donors (Lipinski definition) is 1. The third-order valence-electron chi connectivity index (χ3n) is 3.65. The summed E-state index contributed by atoms with van der Waals surface area (Å²) >= 11 is 1.28. The Morgan fingerprint density at radius 1 is 1.12 bits per heavy atom. The second-order valence-corrected chi connectivity index (χ2v) is 6.32. The third-order valence-corrected chi connectivity index (χ3v) is 4.59. The van der Waals surface area contributed by atoms with E-state index in [0.717, 1.165) is 5.39 Å². The van der Waals surface area contributed by atoms with Gasteiger partial charge < -0.3 is 9.52 Å². The highest BCUT2D eigenvalue weighted by Crippen LogP contribution is 2.30. The first-order valence-corrected chi connectivity index (χ1v) is 8.33. The van der Waals surface area contributed by atoms with Crippen LogP contribution >= 0.6 is 11.3 Å². The molecule has 0 amide bonds. The van der Waals surface area contributed by atoms with Gasteiger partial charge in [0.1, 0.15) is 11.3 Å². The predicted octanol–water partition coefficient (Wildman–Crippen LogP) is 4.37. The number of benzene rings is 2. The van der Waals surface area contributed by atoms with Crippen LogP contribution in [0.2, 0.25) is 0 Å². The van der Waals surface area contributed by atoms with E-state index in [0.29, 0.717) is 26.7 Å². The molecule has 0 saturated heterocycles. The van der Waals surface area contributed by atoms with Gasteiger partial charge in [0.05, 0.1) is 10.4 Å². The Kier molecular flexibility index (Phi) is 3.87. The third kappa shape index (κ3) is 3.07. The maximum Gasteiger partial charge on any atom is 0.345 e. The Labute approximate surface area is 146 Å². The molecule has 1 N–H and O–H groups in total. The summed E-state index contributed by atoms with van der Waals surface area (Å²) in [5.74, 6) is 0.151. The van der Waals surface area contributed by atoms with Crippen LogP contribution in [0, 0.1) is 0 Å². The number of phenols is 1. The van der Waals surface area contributed by atoms with E-state index in [1.165, 1.54) is 11.3 Å². The molecule has 0 unspecified atom stereocenters. The Morgan fingerprint density at radius 3 is 2.80 bits per heavy atom. The molecule has 0 spiro atoms. The Morgan fingerprint density at radius 2 is 1.92 bits per heavy atom. The van der Waals surface area contributed by atoms with Crippen molar-refractivity contribution in [3.8, 4) is 16.2 Å². The van der Waals surface area contributed by atoms with E-state index >= 15 is 0 Å². The minimum Gasteiger partial charge on any atom is -0.507 e. The average Bonchev–Trinajstić information content (AvgIpc) is 3.09. The molecule has 0 aliphatic heterocycles. The second-order valence-electron chi connectivity index (χ2n) is 5.31. The van der Waals surface area contributed by atoms with Gasteiger partial charge in [-0.1, -0.05) is 41.7 Å². The van der Waals surface area contributed by atoms with Gasteiger partial charge in [0.25, 0.3) is 0 Å². The fourth-order valence-corrected chi connectivity index (χ4v) is 3.17. The molecule has 0 bridgehead atoms. The molecule has 2 aromatic heterocycles. The molecular weight excluding hydrogens is 336 g/mol. The lowest BCUT2D eigenvalue weighted by molar-refractivity contribution is 0.474. The molecule has 0 radical (unpaired) electrons. The summed E-state index contributed by atoms with van der Waals surface area (Å²) in [5.41, 5.74) is 1.21. The minimum absolute atomic E-state index is 0.151. The van der Waals surface area contributed by atoms with Crippen LogP contribution in [0.25, 0.3) is 21.4 Å². The zero-order valence-corrected chi connectivity index (χ0v) is 13.7. The van der Waals surface area contributed by atoms with Gasteiger partial charge in [0, 0.05) is 23.4 Å². The Balaban J connectivity index is 1.69. The fraction of sp³-hybridized carbons (Fsp3) is 0. The van der Waals surface area contributed by atoms with Gasteiger partial charge >= 0.3 is 5.63 Å². The first kappa shape index (κ1) is 15.3. The SMILES string of the molecule is O=c1oc2ccccc2cc1-c1cnc(/N=C/c2ccccc2O)s1. The van der Waals surface area contributed by atoms with E-state index in [9.17, 15) is 9.90 Å².